The van der Waals surface area contributed by atoms with Crippen LogP contribution in [-0.2, 0) is 14.3 Å². The topological polar surface area (TPSA) is 124 Å². The van der Waals surface area contributed by atoms with Crippen LogP contribution < -0.4 is 0 Å². The van der Waals surface area contributed by atoms with E-state index in [0.29, 0.717) is 0 Å². The number of aliphatic hydroxyl groups is 4. The number of aliphatic hydroxyl groups excluding tert-OH is 4. The smallest absolute Gasteiger partial charge is 0.333 e. The van der Waals surface area contributed by atoms with E-state index in [2.05, 4.69) is 11.3 Å². The second-order valence-electron chi connectivity index (χ2n) is 3.51. The van der Waals surface area contributed by atoms with Crippen molar-refractivity contribution in [1.29, 1.82) is 0 Å². The van der Waals surface area contributed by atoms with E-state index >= 15 is 0 Å². The fraction of sp³-hybridized carbons (Fsp3) is 0.600. The van der Waals surface area contributed by atoms with Crippen LogP contribution in [0.25, 0.3) is 0 Å². The largest absolute Gasteiger partial charge is 0.459 e. The summed E-state index contributed by atoms with van der Waals surface area (Å²) in [6.45, 7) is 3.14. The number of Topliss-reactive ketones (excluding diaryl/α,β-unsaturated/α-hetero) is 1. The highest BCUT2D eigenvalue weighted by atomic mass is 16.5. The van der Waals surface area contributed by atoms with E-state index in [1.807, 2.05) is 0 Å². The van der Waals surface area contributed by atoms with Crippen LogP contribution in [0, 0.1) is 0 Å². The molecule has 98 valence electrons. The summed E-state index contributed by atoms with van der Waals surface area (Å²) in [6, 6.07) is 0. The average Bonchev–Trinajstić information content (AvgIpc) is 2.32. The lowest BCUT2D eigenvalue weighted by molar-refractivity contribution is -0.151. The zero-order chi connectivity index (χ0) is 13.6. The average molecular weight is 248 g/mol. The van der Waals surface area contributed by atoms with E-state index in [1.165, 1.54) is 6.92 Å². The first-order valence-electron chi connectivity index (χ1n) is 4.81. The van der Waals surface area contributed by atoms with Crippen LogP contribution in [0.4, 0.5) is 0 Å². The summed E-state index contributed by atoms with van der Waals surface area (Å²) >= 11 is 0. The molecule has 0 spiro atoms. The molecule has 0 aliphatic rings. The first kappa shape index (κ1) is 15.7. The number of rotatable bonds is 7. The molecule has 17 heavy (non-hydrogen) atoms. The molecule has 4 N–H and O–H groups in total. The molecule has 0 heterocycles. The van der Waals surface area contributed by atoms with Crippen molar-refractivity contribution in [2.45, 2.75) is 25.2 Å². The Morgan fingerprint density at radius 3 is 2.24 bits per heavy atom. The third-order valence-electron chi connectivity index (χ3n) is 1.94. The number of hydrogen-bond donors (Lipinski definition) is 4. The molecule has 0 radical (unpaired) electrons. The van der Waals surface area contributed by atoms with Gasteiger partial charge in [-0.2, -0.15) is 0 Å². The van der Waals surface area contributed by atoms with Crippen LogP contribution in [0.3, 0.4) is 0 Å². The SMILES string of the molecule is C=C(C)C(=O)OC[C@@H](O)[C@H](O)[C@H](O)C(=O)CO. The third-order valence-corrected chi connectivity index (χ3v) is 1.94. The highest BCUT2D eigenvalue weighted by molar-refractivity contribution is 5.87. The summed E-state index contributed by atoms with van der Waals surface area (Å²) in [5.41, 5.74) is 0.110. The minimum absolute atomic E-state index is 0.110. The van der Waals surface area contributed by atoms with Gasteiger partial charge in [-0.1, -0.05) is 6.58 Å². The summed E-state index contributed by atoms with van der Waals surface area (Å²) in [5, 5.41) is 36.2. The Balaban J connectivity index is 4.22. The lowest BCUT2D eigenvalue weighted by Gasteiger charge is -2.21. The molecule has 0 amide bonds. The fourth-order valence-corrected chi connectivity index (χ4v) is 0.877. The van der Waals surface area contributed by atoms with E-state index in [1.54, 1.807) is 0 Å². The Morgan fingerprint density at radius 1 is 1.29 bits per heavy atom. The molecule has 7 nitrogen and oxygen atoms in total. The van der Waals surface area contributed by atoms with Crippen molar-refractivity contribution >= 4 is 11.8 Å². The minimum Gasteiger partial charge on any atom is -0.459 e. The maximum Gasteiger partial charge on any atom is 0.333 e. The van der Waals surface area contributed by atoms with Crippen LogP contribution >= 0.6 is 0 Å². The molecule has 0 aliphatic heterocycles. The second kappa shape index (κ2) is 7.13. The van der Waals surface area contributed by atoms with Gasteiger partial charge in [0.05, 0.1) is 0 Å². The van der Waals surface area contributed by atoms with Gasteiger partial charge in [0, 0.05) is 5.57 Å². The molecule has 0 fully saturated rings. The van der Waals surface area contributed by atoms with Crippen LogP contribution in [0.5, 0.6) is 0 Å². The maximum atomic E-state index is 10.9. The third kappa shape index (κ3) is 5.05. The zero-order valence-corrected chi connectivity index (χ0v) is 9.37. The summed E-state index contributed by atoms with van der Waals surface area (Å²) in [4.78, 5) is 21.8. The van der Waals surface area contributed by atoms with Crippen molar-refractivity contribution in [2.24, 2.45) is 0 Å². The number of hydrogen-bond acceptors (Lipinski definition) is 7. The Kier molecular flexibility index (Phi) is 6.59. The lowest BCUT2D eigenvalue weighted by Crippen LogP contribution is -2.45. The van der Waals surface area contributed by atoms with Crippen molar-refractivity contribution in [3.05, 3.63) is 12.2 Å². The summed E-state index contributed by atoms with van der Waals surface area (Å²) in [6.07, 6.45) is -5.41. The lowest BCUT2D eigenvalue weighted by atomic mass is 10.1. The van der Waals surface area contributed by atoms with Crippen molar-refractivity contribution < 1.29 is 34.8 Å². The summed E-state index contributed by atoms with van der Waals surface area (Å²) in [7, 11) is 0. The molecule has 0 saturated heterocycles. The highest BCUT2D eigenvalue weighted by Gasteiger charge is 2.30. The monoisotopic (exact) mass is 248 g/mol. The maximum absolute atomic E-state index is 10.9. The standard InChI is InChI=1S/C10H16O7/c1-5(2)10(16)17-4-7(13)9(15)8(14)6(12)3-11/h7-9,11,13-15H,1,3-4H2,2H3/t7-,8-,9+/m1/s1. The van der Waals surface area contributed by atoms with Gasteiger partial charge >= 0.3 is 5.97 Å². The van der Waals surface area contributed by atoms with Gasteiger partial charge < -0.3 is 25.2 Å². The van der Waals surface area contributed by atoms with E-state index in [4.69, 9.17) is 10.2 Å². The molecule has 3 atom stereocenters. The molecule has 0 aromatic carbocycles. The summed E-state index contributed by atoms with van der Waals surface area (Å²) in [5.74, 6) is -1.80. The molecular weight excluding hydrogens is 232 g/mol. The normalized spacial score (nSPS) is 15.8. The quantitative estimate of drug-likeness (QED) is 0.296. The Labute approximate surface area is 97.9 Å². The van der Waals surface area contributed by atoms with Crippen molar-refractivity contribution in [2.75, 3.05) is 13.2 Å². The number of ketones is 1. The number of carbonyl (C=O) groups is 2. The van der Waals surface area contributed by atoms with Gasteiger partial charge in [-0.3, -0.25) is 4.79 Å². The molecular formula is C10H16O7. The molecule has 0 aromatic rings. The van der Waals surface area contributed by atoms with Crippen LogP contribution in [0.2, 0.25) is 0 Å². The number of esters is 1. The van der Waals surface area contributed by atoms with E-state index in [0.717, 1.165) is 0 Å². The predicted molar refractivity (Wildman–Crippen MR) is 55.9 cm³/mol. The molecule has 0 bridgehead atoms. The molecule has 0 aromatic heterocycles. The van der Waals surface area contributed by atoms with E-state index in [9.17, 15) is 19.8 Å². The van der Waals surface area contributed by atoms with Gasteiger partial charge in [-0.25, -0.2) is 4.79 Å². The van der Waals surface area contributed by atoms with Crippen LogP contribution in [0.15, 0.2) is 12.2 Å². The fourth-order valence-electron chi connectivity index (χ4n) is 0.877. The van der Waals surface area contributed by atoms with Crippen LogP contribution in [0.1, 0.15) is 6.92 Å². The molecule has 0 aliphatic carbocycles. The van der Waals surface area contributed by atoms with Crippen molar-refractivity contribution in [3.63, 3.8) is 0 Å². The van der Waals surface area contributed by atoms with E-state index in [-0.39, 0.29) is 5.57 Å². The Bertz CT molecular complexity index is 299. The zero-order valence-electron chi connectivity index (χ0n) is 9.37. The Hall–Kier alpha value is -1.28. The van der Waals surface area contributed by atoms with Gasteiger partial charge in [0.1, 0.15) is 31.5 Å². The molecule has 0 saturated carbocycles. The first-order chi connectivity index (χ1) is 7.81. The van der Waals surface area contributed by atoms with Gasteiger partial charge in [0.15, 0.2) is 5.78 Å². The first-order valence-corrected chi connectivity index (χ1v) is 4.81. The van der Waals surface area contributed by atoms with Gasteiger partial charge in [-0.15, -0.1) is 0 Å². The second-order valence-corrected chi connectivity index (χ2v) is 3.51. The minimum atomic E-state index is -1.93. The van der Waals surface area contributed by atoms with E-state index < -0.39 is 43.3 Å². The summed E-state index contributed by atoms with van der Waals surface area (Å²) < 4.78 is 4.52. The van der Waals surface area contributed by atoms with Crippen molar-refractivity contribution in [3.8, 4) is 0 Å². The van der Waals surface area contributed by atoms with Gasteiger partial charge in [0.25, 0.3) is 0 Å². The van der Waals surface area contributed by atoms with Gasteiger partial charge in [-0.05, 0) is 6.92 Å². The predicted octanol–water partition coefficient (Wildman–Crippen LogP) is -2.25. The molecule has 0 rings (SSSR count). The Morgan fingerprint density at radius 2 is 1.82 bits per heavy atom. The molecule has 0 unspecified atom stereocenters. The number of ether oxygens (including phenoxy) is 1. The molecule has 7 heteroatoms. The van der Waals surface area contributed by atoms with Gasteiger partial charge in [0.2, 0.25) is 0 Å². The highest BCUT2D eigenvalue weighted by Crippen LogP contribution is 2.03. The van der Waals surface area contributed by atoms with Crippen LogP contribution in [-0.4, -0.2) is 63.7 Å². The van der Waals surface area contributed by atoms with Crippen molar-refractivity contribution in [1.82, 2.24) is 0 Å². The number of carbonyl (C=O) groups excluding carboxylic acids is 2.